The number of hydrogen-bond donors (Lipinski definition) is 3. The highest BCUT2D eigenvalue weighted by atomic mass is 19.4. The second-order valence-electron chi connectivity index (χ2n) is 4.26. The average molecular weight is 345 g/mol. The van der Waals surface area contributed by atoms with Crippen LogP contribution in [0.1, 0.15) is 5.56 Å². The third-order valence-electron chi connectivity index (χ3n) is 2.66. The summed E-state index contributed by atoms with van der Waals surface area (Å²) < 4.78 is 37.7. The van der Waals surface area contributed by atoms with E-state index < -0.39 is 50.9 Å². The standard InChI is InChI=1S/C11H6F3N5O5/c12-11(13,14)4-1-2-5(6(3-4)19(23)24)17-18-7-8(20)15-10(22)16-9(7)21/h1-3H,(H3,15,16,20,21,22). The number of nitrogens with zero attached hydrogens (tertiary/aromatic N) is 3. The van der Waals surface area contributed by atoms with E-state index in [4.69, 9.17) is 0 Å². The summed E-state index contributed by atoms with van der Waals surface area (Å²) in [5, 5.41) is 26.7. The second kappa shape index (κ2) is 5.94. The molecule has 13 heteroatoms. The van der Waals surface area contributed by atoms with Crippen LogP contribution in [0.3, 0.4) is 0 Å². The SMILES string of the molecule is O=c1[nH]c(O)c(N=Nc2ccc(C(F)(F)F)cc2[N+](=O)[O-])c(=O)[nH]1. The molecular formula is C11H6F3N5O5. The van der Waals surface area contributed by atoms with Crippen LogP contribution < -0.4 is 11.2 Å². The number of aromatic amines is 2. The van der Waals surface area contributed by atoms with Gasteiger partial charge >= 0.3 is 11.9 Å². The molecule has 0 spiro atoms. The number of halogens is 3. The maximum Gasteiger partial charge on any atom is 0.416 e. The van der Waals surface area contributed by atoms with Crippen molar-refractivity contribution in [3.8, 4) is 5.88 Å². The molecule has 0 fully saturated rings. The summed E-state index contributed by atoms with van der Waals surface area (Å²) in [6, 6.07) is 1.48. The molecule has 2 rings (SSSR count). The predicted molar refractivity (Wildman–Crippen MR) is 71.6 cm³/mol. The molecule has 0 aliphatic heterocycles. The molecule has 126 valence electrons. The number of benzene rings is 1. The van der Waals surface area contributed by atoms with E-state index in [1.807, 2.05) is 0 Å². The van der Waals surface area contributed by atoms with Crippen molar-refractivity contribution >= 4 is 17.1 Å². The van der Waals surface area contributed by atoms with E-state index in [0.29, 0.717) is 12.1 Å². The van der Waals surface area contributed by atoms with Crippen LogP contribution in [0.15, 0.2) is 38.0 Å². The van der Waals surface area contributed by atoms with Gasteiger partial charge in [-0.3, -0.25) is 24.9 Å². The zero-order valence-corrected chi connectivity index (χ0v) is 11.3. The number of aromatic nitrogens is 2. The van der Waals surface area contributed by atoms with Crippen LogP contribution in [0.25, 0.3) is 0 Å². The van der Waals surface area contributed by atoms with Gasteiger partial charge in [0, 0.05) is 6.07 Å². The first-order chi connectivity index (χ1) is 11.1. The van der Waals surface area contributed by atoms with E-state index in [9.17, 15) is 38.0 Å². The Morgan fingerprint density at radius 3 is 2.38 bits per heavy atom. The van der Waals surface area contributed by atoms with Gasteiger partial charge in [-0.1, -0.05) is 0 Å². The Bertz CT molecular complexity index is 946. The third kappa shape index (κ3) is 3.45. The van der Waals surface area contributed by atoms with Crippen LogP contribution in [0.2, 0.25) is 0 Å². The van der Waals surface area contributed by atoms with Gasteiger partial charge in [0.25, 0.3) is 11.2 Å². The fourth-order valence-electron chi connectivity index (χ4n) is 1.60. The number of hydrogen-bond acceptors (Lipinski definition) is 7. The largest absolute Gasteiger partial charge is 0.493 e. The van der Waals surface area contributed by atoms with Crippen molar-refractivity contribution in [1.82, 2.24) is 9.97 Å². The average Bonchev–Trinajstić information content (AvgIpc) is 2.44. The highest BCUT2D eigenvalue weighted by molar-refractivity contribution is 5.59. The maximum atomic E-state index is 12.6. The van der Waals surface area contributed by atoms with Crippen molar-refractivity contribution in [2.75, 3.05) is 0 Å². The van der Waals surface area contributed by atoms with Gasteiger partial charge in [-0.05, 0) is 12.1 Å². The molecule has 0 saturated heterocycles. The van der Waals surface area contributed by atoms with Crippen molar-refractivity contribution in [2.24, 2.45) is 10.2 Å². The Morgan fingerprint density at radius 2 is 1.83 bits per heavy atom. The van der Waals surface area contributed by atoms with Crippen LogP contribution in [0.5, 0.6) is 5.88 Å². The molecular weight excluding hydrogens is 339 g/mol. The molecule has 0 amide bonds. The van der Waals surface area contributed by atoms with Gasteiger partial charge in [0.15, 0.2) is 5.69 Å². The Hall–Kier alpha value is -3.51. The Morgan fingerprint density at radius 1 is 1.17 bits per heavy atom. The molecule has 0 atom stereocenters. The summed E-state index contributed by atoms with van der Waals surface area (Å²) in [7, 11) is 0. The Labute approximate surface area is 128 Å². The fourth-order valence-corrected chi connectivity index (χ4v) is 1.60. The lowest BCUT2D eigenvalue weighted by Crippen LogP contribution is -2.20. The van der Waals surface area contributed by atoms with Crippen LogP contribution in [0.4, 0.5) is 30.2 Å². The lowest BCUT2D eigenvalue weighted by atomic mass is 10.1. The first-order valence-corrected chi connectivity index (χ1v) is 5.92. The van der Waals surface area contributed by atoms with E-state index in [-0.39, 0.29) is 6.07 Å². The molecule has 10 nitrogen and oxygen atoms in total. The van der Waals surface area contributed by atoms with Crippen LogP contribution in [-0.2, 0) is 6.18 Å². The molecule has 0 aliphatic rings. The van der Waals surface area contributed by atoms with E-state index in [2.05, 4.69) is 10.2 Å². The molecule has 1 aromatic heterocycles. The molecule has 2 aromatic rings. The zero-order valence-electron chi connectivity index (χ0n) is 11.3. The van der Waals surface area contributed by atoms with Crippen LogP contribution in [0, 0.1) is 10.1 Å². The molecule has 24 heavy (non-hydrogen) atoms. The highest BCUT2D eigenvalue weighted by Crippen LogP contribution is 2.36. The minimum atomic E-state index is -4.80. The topological polar surface area (TPSA) is 154 Å². The monoisotopic (exact) mass is 345 g/mol. The predicted octanol–water partition coefficient (Wildman–Crippen LogP) is 2.11. The minimum Gasteiger partial charge on any atom is -0.493 e. The Balaban J connectivity index is 2.52. The lowest BCUT2D eigenvalue weighted by Gasteiger charge is -2.06. The zero-order chi connectivity index (χ0) is 18.1. The van der Waals surface area contributed by atoms with Crippen LogP contribution >= 0.6 is 0 Å². The number of H-pyrrole nitrogens is 2. The summed E-state index contributed by atoms with van der Waals surface area (Å²) in [5.41, 5.74) is -5.81. The first kappa shape index (κ1) is 16.9. The summed E-state index contributed by atoms with van der Waals surface area (Å²) in [5.74, 6) is -0.956. The van der Waals surface area contributed by atoms with Gasteiger partial charge in [0.1, 0.15) is 0 Å². The number of azo groups is 1. The number of nitro benzene ring substituents is 1. The molecule has 3 N–H and O–H groups in total. The van der Waals surface area contributed by atoms with Crippen molar-refractivity contribution in [3.05, 3.63) is 54.7 Å². The molecule has 1 heterocycles. The summed E-state index contributed by atoms with van der Waals surface area (Å²) in [4.78, 5) is 35.5. The molecule has 1 aromatic carbocycles. The maximum absolute atomic E-state index is 12.6. The molecule has 0 saturated carbocycles. The van der Waals surface area contributed by atoms with Gasteiger partial charge in [-0.15, -0.1) is 10.2 Å². The first-order valence-electron chi connectivity index (χ1n) is 5.92. The van der Waals surface area contributed by atoms with Crippen molar-refractivity contribution in [1.29, 1.82) is 0 Å². The number of nitro groups is 1. The van der Waals surface area contributed by atoms with E-state index in [1.54, 1.807) is 9.97 Å². The highest BCUT2D eigenvalue weighted by Gasteiger charge is 2.33. The lowest BCUT2D eigenvalue weighted by molar-refractivity contribution is -0.384. The number of alkyl halides is 3. The van der Waals surface area contributed by atoms with Crippen molar-refractivity contribution in [3.63, 3.8) is 0 Å². The fraction of sp³-hybridized carbons (Fsp3) is 0.0909. The van der Waals surface area contributed by atoms with Gasteiger partial charge in [-0.25, -0.2) is 4.79 Å². The molecule has 0 bridgehead atoms. The van der Waals surface area contributed by atoms with Crippen molar-refractivity contribution < 1.29 is 23.2 Å². The van der Waals surface area contributed by atoms with Crippen molar-refractivity contribution in [2.45, 2.75) is 6.18 Å². The summed E-state index contributed by atoms with van der Waals surface area (Å²) in [6.45, 7) is 0. The molecule has 0 radical (unpaired) electrons. The quantitative estimate of drug-likeness (QED) is 0.441. The van der Waals surface area contributed by atoms with E-state index in [1.165, 1.54) is 0 Å². The van der Waals surface area contributed by atoms with Gasteiger partial charge in [-0.2, -0.15) is 13.2 Å². The van der Waals surface area contributed by atoms with Gasteiger partial charge in [0.05, 0.1) is 10.5 Å². The second-order valence-corrected chi connectivity index (χ2v) is 4.26. The van der Waals surface area contributed by atoms with E-state index in [0.717, 1.165) is 0 Å². The molecule has 0 aliphatic carbocycles. The van der Waals surface area contributed by atoms with E-state index >= 15 is 0 Å². The smallest absolute Gasteiger partial charge is 0.416 e. The number of aromatic hydroxyl groups is 1. The van der Waals surface area contributed by atoms with Gasteiger partial charge < -0.3 is 5.11 Å². The van der Waals surface area contributed by atoms with Gasteiger partial charge in [0.2, 0.25) is 11.6 Å². The summed E-state index contributed by atoms with van der Waals surface area (Å²) >= 11 is 0. The minimum absolute atomic E-state index is 0.255. The third-order valence-corrected chi connectivity index (χ3v) is 2.66. The summed E-state index contributed by atoms with van der Waals surface area (Å²) in [6.07, 6.45) is -4.80. The molecule has 0 unspecified atom stereocenters. The Kier molecular flexibility index (Phi) is 4.17. The normalized spacial score (nSPS) is 11.8. The number of rotatable bonds is 3. The number of nitrogens with one attached hydrogen (secondary N) is 2. The van der Waals surface area contributed by atoms with Crippen LogP contribution in [-0.4, -0.2) is 20.0 Å².